The zero-order chi connectivity index (χ0) is 21.0. The highest BCUT2D eigenvalue weighted by atomic mass is 35.5. The van der Waals surface area contributed by atoms with Gasteiger partial charge in [-0.15, -0.1) is 0 Å². The SMILES string of the molecule is C[C@H](c1ccccc1)N1C[C@H](C(=O)OCC(=O)Nc2ccc(F)cc2Cl)CC1=O. The van der Waals surface area contributed by atoms with Crippen molar-refractivity contribution in [2.75, 3.05) is 18.5 Å². The van der Waals surface area contributed by atoms with Crippen LogP contribution in [0.5, 0.6) is 0 Å². The van der Waals surface area contributed by atoms with Gasteiger partial charge < -0.3 is 15.0 Å². The largest absolute Gasteiger partial charge is 0.455 e. The first-order valence-corrected chi connectivity index (χ1v) is 9.49. The van der Waals surface area contributed by atoms with Crippen molar-refractivity contribution in [2.45, 2.75) is 19.4 Å². The molecule has 6 nitrogen and oxygen atoms in total. The predicted molar refractivity (Wildman–Crippen MR) is 106 cm³/mol. The van der Waals surface area contributed by atoms with E-state index in [4.69, 9.17) is 16.3 Å². The highest BCUT2D eigenvalue weighted by molar-refractivity contribution is 6.33. The molecule has 2 aromatic rings. The fraction of sp³-hybridized carbons (Fsp3) is 0.286. The normalized spacial score (nSPS) is 17.1. The minimum atomic E-state index is -0.629. The van der Waals surface area contributed by atoms with Gasteiger partial charge in [0.05, 0.1) is 22.7 Å². The summed E-state index contributed by atoms with van der Waals surface area (Å²) in [6, 6.07) is 12.9. The zero-order valence-corrected chi connectivity index (χ0v) is 16.5. The van der Waals surface area contributed by atoms with E-state index in [0.29, 0.717) is 0 Å². The second-order valence-electron chi connectivity index (χ2n) is 6.81. The van der Waals surface area contributed by atoms with E-state index in [0.717, 1.165) is 17.7 Å². The van der Waals surface area contributed by atoms with E-state index >= 15 is 0 Å². The number of carbonyl (C=O) groups is 3. The van der Waals surface area contributed by atoms with E-state index in [-0.39, 0.29) is 35.6 Å². The Morgan fingerprint density at radius 1 is 1.28 bits per heavy atom. The molecule has 0 aromatic heterocycles. The first-order chi connectivity index (χ1) is 13.8. The second-order valence-corrected chi connectivity index (χ2v) is 7.22. The molecule has 0 saturated carbocycles. The Balaban J connectivity index is 1.52. The lowest BCUT2D eigenvalue weighted by atomic mass is 10.1. The Morgan fingerprint density at radius 3 is 2.69 bits per heavy atom. The van der Waals surface area contributed by atoms with Crippen LogP contribution in [0.4, 0.5) is 10.1 Å². The van der Waals surface area contributed by atoms with Gasteiger partial charge in [-0.05, 0) is 30.7 Å². The number of halogens is 2. The molecule has 3 rings (SSSR count). The number of benzene rings is 2. The number of amides is 2. The number of ether oxygens (including phenoxy) is 1. The summed E-state index contributed by atoms with van der Waals surface area (Å²) in [6.07, 6.45) is 0.0431. The molecule has 1 heterocycles. The third-order valence-corrected chi connectivity index (χ3v) is 5.10. The molecule has 0 bridgehead atoms. The minimum Gasteiger partial charge on any atom is -0.455 e. The number of rotatable bonds is 6. The van der Waals surface area contributed by atoms with Crippen molar-refractivity contribution >= 4 is 35.1 Å². The molecule has 1 fully saturated rings. The number of carbonyl (C=O) groups excluding carboxylic acids is 3. The lowest BCUT2D eigenvalue weighted by molar-refractivity contribution is -0.151. The number of esters is 1. The van der Waals surface area contributed by atoms with Gasteiger partial charge in [-0.3, -0.25) is 14.4 Å². The summed E-state index contributed by atoms with van der Waals surface area (Å²) < 4.78 is 18.1. The number of likely N-dealkylation sites (tertiary alicyclic amines) is 1. The van der Waals surface area contributed by atoms with Gasteiger partial charge in [0.2, 0.25) is 5.91 Å². The van der Waals surface area contributed by atoms with Crippen LogP contribution in [0.25, 0.3) is 0 Å². The van der Waals surface area contributed by atoms with Crippen LogP contribution < -0.4 is 5.32 Å². The van der Waals surface area contributed by atoms with Crippen LogP contribution in [0, 0.1) is 11.7 Å². The Bertz CT molecular complexity index is 922. The summed E-state index contributed by atoms with van der Waals surface area (Å²) >= 11 is 5.85. The average Bonchev–Trinajstić information content (AvgIpc) is 3.10. The van der Waals surface area contributed by atoms with Crippen molar-refractivity contribution in [3.8, 4) is 0 Å². The Kier molecular flexibility index (Phi) is 6.49. The minimum absolute atomic E-state index is 0.0385. The van der Waals surface area contributed by atoms with Gasteiger partial charge in [-0.1, -0.05) is 41.9 Å². The van der Waals surface area contributed by atoms with E-state index in [1.54, 1.807) is 4.90 Å². The first-order valence-electron chi connectivity index (χ1n) is 9.11. The van der Waals surface area contributed by atoms with E-state index in [2.05, 4.69) is 5.32 Å². The van der Waals surface area contributed by atoms with Gasteiger partial charge in [-0.2, -0.15) is 0 Å². The lowest BCUT2D eigenvalue weighted by Crippen LogP contribution is -2.30. The molecular weight excluding hydrogens is 399 g/mol. The van der Waals surface area contributed by atoms with Gasteiger partial charge in [0.15, 0.2) is 6.61 Å². The first kappa shape index (κ1) is 20.8. The molecule has 0 radical (unpaired) electrons. The van der Waals surface area contributed by atoms with Gasteiger partial charge in [0.1, 0.15) is 5.82 Å². The summed E-state index contributed by atoms with van der Waals surface area (Å²) in [6.45, 7) is 1.62. The van der Waals surface area contributed by atoms with Crippen molar-refractivity contribution < 1.29 is 23.5 Å². The predicted octanol–water partition coefficient (Wildman–Crippen LogP) is 3.57. The molecule has 8 heteroatoms. The number of hydrogen-bond acceptors (Lipinski definition) is 4. The van der Waals surface area contributed by atoms with Crippen molar-refractivity contribution in [3.63, 3.8) is 0 Å². The maximum absolute atomic E-state index is 13.0. The van der Waals surface area contributed by atoms with Crippen LogP contribution in [0.1, 0.15) is 24.9 Å². The van der Waals surface area contributed by atoms with E-state index < -0.39 is 30.2 Å². The highest BCUT2D eigenvalue weighted by Crippen LogP contribution is 2.29. The standard InChI is InChI=1S/C21H20ClFN2O4/c1-13(14-5-3-2-4-6-14)25-11-15(9-20(25)27)21(28)29-12-19(26)24-18-8-7-16(23)10-17(18)22/h2-8,10,13,15H,9,11-12H2,1H3,(H,24,26)/t13-,15-/m1/s1. The highest BCUT2D eigenvalue weighted by Gasteiger charge is 2.38. The van der Waals surface area contributed by atoms with Crippen LogP contribution in [0.15, 0.2) is 48.5 Å². The zero-order valence-electron chi connectivity index (χ0n) is 15.7. The third kappa shape index (κ3) is 5.12. The molecule has 2 aromatic carbocycles. The van der Waals surface area contributed by atoms with Crippen molar-refractivity contribution in [2.24, 2.45) is 5.92 Å². The summed E-state index contributed by atoms with van der Waals surface area (Å²) in [5.41, 5.74) is 1.19. The topological polar surface area (TPSA) is 75.7 Å². The fourth-order valence-electron chi connectivity index (χ4n) is 3.21. The van der Waals surface area contributed by atoms with Crippen LogP contribution >= 0.6 is 11.6 Å². The number of anilines is 1. The van der Waals surface area contributed by atoms with Crippen LogP contribution in [0.2, 0.25) is 5.02 Å². The van der Waals surface area contributed by atoms with E-state index in [1.807, 2.05) is 37.3 Å². The maximum atomic E-state index is 13.0. The van der Waals surface area contributed by atoms with Crippen LogP contribution in [-0.2, 0) is 19.1 Å². The molecule has 2 amide bonds. The van der Waals surface area contributed by atoms with E-state index in [9.17, 15) is 18.8 Å². The molecule has 1 saturated heterocycles. The van der Waals surface area contributed by atoms with Gasteiger partial charge >= 0.3 is 5.97 Å². The lowest BCUT2D eigenvalue weighted by Gasteiger charge is -2.25. The number of nitrogens with one attached hydrogen (secondary N) is 1. The fourth-order valence-corrected chi connectivity index (χ4v) is 3.42. The molecule has 0 unspecified atom stereocenters. The van der Waals surface area contributed by atoms with Crippen molar-refractivity contribution in [1.82, 2.24) is 4.90 Å². The number of hydrogen-bond donors (Lipinski definition) is 1. The number of nitrogens with zero attached hydrogens (tertiary/aromatic N) is 1. The van der Waals surface area contributed by atoms with Gasteiger partial charge in [0.25, 0.3) is 5.91 Å². The molecule has 152 valence electrons. The molecule has 0 aliphatic carbocycles. The Morgan fingerprint density at radius 2 is 2.00 bits per heavy atom. The second kappa shape index (κ2) is 9.05. The Labute approximate surface area is 172 Å². The van der Waals surface area contributed by atoms with E-state index in [1.165, 1.54) is 6.07 Å². The van der Waals surface area contributed by atoms with Gasteiger partial charge in [0, 0.05) is 13.0 Å². The summed E-state index contributed by atoms with van der Waals surface area (Å²) in [4.78, 5) is 38.3. The summed E-state index contributed by atoms with van der Waals surface area (Å²) in [5, 5.41) is 2.49. The Hall–Kier alpha value is -2.93. The molecule has 2 atom stereocenters. The van der Waals surface area contributed by atoms with Crippen molar-refractivity contribution in [3.05, 3.63) is 64.9 Å². The molecule has 1 N–H and O–H groups in total. The quantitative estimate of drug-likeness (QED) is 0.728. The molecule has 1 aliphatic rings. The summed E-state index contributed by atoms with van der Waals surface area (Å²) in [7, 11) is 0. The van der Waals surface area contributed by atoms with Crippen LogP contribution in [-0.4, -0.2) is 35.8 Å². The van der Waals surface area contributed by atoms with Gasteiger partial charge in [-0.25, -0.2) is 4.39 Å². The monoisotopic (exact) mass is 418 g/mol. The van der Waals surface area contributed by atoms with Crippen LogP contribution in [0.3, 0.4) is 0 Å². The third-order valence-electron chi connectivity index (χ3n) is 4.79. The van der Waals surface area contributed by atoms with Crippen molar-refractivity contribution in [1.29, 1.82) is 0 Å². The molecular formula is C21H20ClFN2O4. The maximum Gasteiger partial charge on any atom is 0.311 e. The molecule has 1 aliphatic heterocycles. The molecule has 29 heavy (non-hydrogen) atoms. The smallest absolute Gasteiger partial charge is 0.311 e. The average molecular weight is 419 g/mol. The summed E-state index contributed by atoms with van der Waals surface area (Å²) in [5.74, 6) is -2.51. The molecule has 0 spiro atoms.